The first-order valence-electron chi connectivity index (χ1n) is 6.44. The molecule has 0 atom stereocenters. The molecule has 0 spiro atoms. The molecule has 0 saturated heterocycles. The summed E-state index contributed by atoms with van der Waals surface area (Å²) in [6.07, 6.45) is 3.66. The fraction of sp³-hybridized carbons (Fsp3) is 0.250. The van der Waals surface area contributed by atoms with E-state index in [9.17, 15) is 9.90 Å². The summed E-state index contributed by atoms with van der Waals surface area (Å²) >= 11 is 3.26. The monoisotopic (exact) mass is 348 g/mol. The lowest BCUT2D eigenvalue weighted by atomic mass is 10.0. The van der Waals surface area contributed by atoms with E-state index in [-0.39, 0.29) is 17.4 Å². The number of rotatable bonds is 5. The zero-order valence-corrected chi connectivity index (χ0v) is 13.6. The van der Waals surface area contributed by atoms with Crippen LogP contribution >= 0.6 is 15.9 Å². The van der Waals surface area contributed by atoms with Crippen LogP contribution in [0, 0.1) is 11.3 Å². The van der Waals surface area contributed by atoms with E-state index in [1.54, 1.807) is 18.2 Å². The van der Waals surface area contributed by atoms with E-state index in [4.69, 9.17) is 5.26 Å². The second kappa shape index (κ2) is 7.65. The predicted octanol–water partition coefficient (Wildman–Crippen LogP) is 3.31. The van der Waals surface area contributed by atoms with Gasteiger partial charge < -0.3 is 10.4 Å². The first-order chi connectivity index (χ1) is 9.88. The minimum absolute atomic E-state index is 0.0193. The molecule has 1 amide bonds. The molecule has 0 radical (unpaired) electrons. The average Bonchev–Trinajstić information content (AvgIpc) is 2.40. The lowest BCUT2D eigenvalue weighted by molar-refractivity contribution is -0.117. The number of amides is 1. The van der Waals surface area contributed by atoms with E-state index in [1.165, 1.54) is 6.08 Å². The van der Waals surface area contributed by atoms with Gasteiger partial charge in [0.05, 0.1) is 4.47 Å². The van der Waals surface area contributed by atoms with Gasteiger partial charge in [0.2, 0.25) is 0 Å². The summed E-state index contributed by atoms with van der Waals surface area (Å²) in [6, 6.07) is 5.23. The van der Waals surface area contributed by atoms with Gasteiger partial charge in [-0.3, -0.25) is 4.79 Å². The minimum atomic E-state index is -0.415. The summed E-state index contributed by atoms with van der Waals surface area (Å²) in [6.45, 7) is 7.29. The van der Waals surface area contributed by atoms with Crippen LogP contribution in [-0.2, 0) is 11.2 Å². The second-order valence-corrected chi connectivity index (χ2v) is 5.66. The highest BCUT2D eigenvalue weighted by Crippen LogP contribution is 2.30. The summed E-state index contributed by atoms with van der Waals surface area (Å²) in [5.74, 6) is -0.279. The molecule has 0 saturated carbocycles. The molecule has 0 heterocycles. The third-order valence-electron chi connectivity index (χ3n) is 2.62. The maximum Gasteiger partial charge on any atom is 0.262 e. The summed E-state index contributed by atoms with van der Waals surface area (Å²) < 4.78 is 0.509. The summed E-state index contributed by atoms with van der Waals surface area (Å²) in [7, 11) is 0. The van der Waals surface area contributed by atoms with Gasteiger partial charge in [0.1, 0.15) is 17.4 Å². The van der Waals surface area contributed by atoms with Crippen molar-refractivity contribution in [3.63, 3.8) is 0 Å². The normalized spacial score (nSPS) is 11.1. The smallest absolute Gasteiger partial charge is 0.262 e. The van der Waals surface area contributed by atoms with Gasteiger partial charge in [-0.2, -0.15) is 5.26 Å². The Morgan fingerprint density at radius 1 is 1.57 bits per heavy atom. The molecule has 21 heavy (non-hydrogen) atoms. The number of hydrogen-bond donors (Lipinski definition) is 2. The lowest BCUT2D eigenvalue weighted by Gasteiger charge is -2.09. The van der Waals surface area contributed by atoms with Crippen molar-refractivity contribution >= 4 is 27.9 Å². The topological polar surface area (TPSA) is 73.1 Å². The first kappa shape index (κ1) is 17.0. The number of benzene rings is 1. The Kier molecular flexibility index (Phi) is 6.19. The first-order valence-corrected chi connectivity index (χ1v) is 7.23. The summed E-state index contributed by atoms with van der Waals surface area (Å²) in [5.41, 5.74) is 1.35. The van der Waals surface area contributed by atoms with E-state index in [0.29, 0.717) is 22.0 Å². The molecule has 0 fully saturated rings. The number of allylic oxidation sites excluding steroid dienone is 1. The molecule has 4 nitrogen and oxygen atoms in total. The van der Waals surface area contributed by atoms with Crippen LogP contribution < -0.4 is 5.32 Å². The molecule has 5 heteroatoms. The maximum atomic E-state index is 11.9. The van der Waals surface area contributed by atoms with Crippen molar-refractivity contribution in [3.8, 4) is 11.8 Å². The summed E-state index contributed by atoms with van der Waals surface area (Å²) in [4.78, 5) is 11.9. The van der Waals surface area contributed by atoms with Crippen molar-refractivity contribution < 1.29 is 9.90 Å². The van der Waals surface area contributed by atoms with Gasteiger partial charge in [-0.25, -0.2) is 0 Å². The molecule has 1 aromatic carbocycles. The van der Waals surface area contributed by atoms with Gasteiger partial charge in [0, 0.05) is 6.04 Å². The molecule has 0 unspecified atom stereocenters. The number of nitriles is 1. The molecule has 110 valence electrons. The van der Waals surface area contributed by atoms with Gasteiger partial charge in [-0.1, -0.05) is 6.08 Å². The Balaban J connectivity index is 3.20. The molecular weight excluding hydrogens is 332 g/mol. The van der Waals surface area contributed by atoms with Crippen LogP contribution in [0.2, 0.25) is 0 Å². The van der Waals surface area contributed by atoms with Crippen molar-refractivity contribution in [2.75, 3.05) is 0 Å². The van der Waals surface area contributed by atoms with Crippen LogP contribution in [0.15, 0.2) is 34.8 Å². The van der Waals surface area contributed by atoms with Crippen LogP contribution in [0.5, 0.6) is 5.75 Å². The third kappa shape index (κ3) is 4.76. The van der Waals surface area contributed by atoms with Crippen LogP contribution in [0.1, 0.15) is 25.0 Å². The van der Waals surface area contributed by atoms with Gasteiger partial charge in [-0.05, 0) is 65.5 Å². The summed E-state index contributed by atoms with van der Waals surface area (Å²) in [5, 5.41) is 21.7. The molecule has 2 N–H and O–H groups in total. The number of aromatic hydroxyl groups is 1. The standard InChI is InChI=1S/C16H17BrN2O2/c1-4-5-12-6-11(8-14(17)15(12)20)7-13(9-18)16(21)19-10(2)3/h4,6-8,10,20H,1,5H2,2-3H3,(H,19,21)/b13-7-. The van der Waals surface area contributed by atoms with Crippen molar-refractivity contribution in [1.82, 2.24) is 5.32 Å². The Labute approximate surface area is 132 Å². The third-order valence-corrected chi connectivity index (χ3v) is 3.23. The van der Waals surface area contributed by atoms with Gasteiger partial charge >= 0.3 is 0 Å². The fourth-order valence-corrected chi connectivity index (χ4v) is 2.25. The van der Waals surface area contributed by atoms with Crippen molar-refractivity contribution in [1.29, 1.82) is 5.26 Å². The van der Waals surface area contributed by atoms with E-state index >= 15 is 0 Å². The molecule has 0 aliphatic heterocycles. The van der Waals surface area contributed by atoms with Crippen LogP contribution in [-0.4, -0.2) is 17.1 Å². The number of nitrogens with zero attached hydrogens (tertiary/aromatic N) is 1. The van der Waals surface area contributed by atoms with E-state index < -0.39 is 5.91 Å². The second-order valence-electron chi connectivity index (χ2n) is 4.80. The van der Waals surface area contributed by atoms with Crippen LogP contribution in [0.4, 0.5) is 0 Å². The van der Waals surface area contributed by atoms with Crippen molar-refractivity contribution in [3.05, 3.63) is 46.0 Å². The number of carbonyl (C=O) groups excluding carboxylic acids is 1. The Hall–Kier alpha value is -2.06. The quantitative estimate of drug-likeness (QED) is 0.487. The highest BCUT2D eigenvalue weighted by molar-refractivity contribution is 9.10. The molecular formula is C16H17BrN2O2. The highest BCUT2D eigenvalue weighted by atomic mass is 79.9. The van der Waals surface area contributed by atoms with Gasteiger partial charge in [0.15, 0.2) is 0 Å². The molecule has 0 aromatic heterocycles. The Bertz CT molecular complexity index is 628. The Morgan fingerprint density at radius 2 is 2.24 bits per heavy atom. The van der Waals surface area contributed by atoms with Crippen LogP contribution in [0.25, 0.3) is 6.08 Å². The number of phenols is 1. The van der Waals surface area contributed by atoms with Crippen molar-refractivity contribution in [2.45, 2.75) is 26.3 Å². The largest absolute Gasteiger partial charge is 0.506 e. The number of carbonyl (C=O) groups is 1. The SMILES string of the molecule is C=CCc1cc(/C=C(/C#N)C(=O)NC(C)C)cc(Br)c1O. The van der Waals surface area contributed by atoms with Crippen molar-refractivity contribution in [2.24, 2.45) is 0 Å². The fourth-order valence-electron chi connectivity index (χ4n) is 1.73. The van der Waals surface area contributed by atoms with Gasteiger partial charge in [0.25, 0.3) is 5.91 Å². The number of phenolic OH excluding ortho intramolecular Hbond substituents is 1. The number of halogens is 1. The molecule has 0 bridgehead atoms. The lowest BCUT2D eigenvalue weighted by Crippen LogP contribution is -2.30. The number of hydrogen-bond acceptors (Lipinski definition) is 3. The Morgan fingerprint density at radius 3 is 2.76 bits per heavy atom. The van der Waals surface area contributed by atoms with E-state index in [1.807, 2.05) is 19.9 Å². The molecule has 0 aliphatic carbocycles. The van der Waals surface area contributed by atoms with E-state index in [0.717, 1.165) is 0 Å². The van der Waals surface area contributed by atoms with Crippen LogP contribution in [0.3, 0.4) is 0 Å². The minimum Gasteiger partial charge on any atom is -0.506 e. The van der Waals surface area contributed by atoms with E-state index in [2.05, 4.69) is 27.8 Å². The molecule has 1 rings (SSSR count). The zero-order chi connectivity index (χ0) is 16.0. The molecule has 1 aromatic rings. The number of nitrogens with one attached hydrogen (secondary N) is 1. The average molecular weight is 349 g/mol. The maximum absolute atomic E-state index is 11.9. The zero-order valence-electron chi connectivity index (χ0n) is 12.0. The predicted molar refractivity (Wildman–Crippen MR) is 86.6 cm³/mol. The van der Waals surface area contributed by atoms with Gasteiger partial charge in [-0.15, -0.1) is 6.58 Å². The molecule has 0 aliphatic rings. The highest BCUT2D eigenvalue weighted by Gasteiger charge is 2.12.